The summed E-state index contributed by atoms with van der Waals surface area (Å²) in [5, 5.41) is 6.08. The van der Waals surface area contributed by atoms with Crippen LogP contribution in [0.3, 0.4) is 0 Å². The molecule has 1 aliphatic rings. The number of hydrogen-bond acceptors (Lipinski definition) is 5. The van der Waals surface area contributed by atoms with E-state index < -0.39 is 0 Å². The Kier molecular flexibility index (Phi) is 9.37. The van der Waals surface area contributed by atoms with Crippen molar-refractivity contribution in [1.29, 1.82) is 0 Å². The highest BCUT2D eigenvalue weighted by Gasteiger charge is 2.28. The Bertz CT molecular complexity index is 688. The third-order valence-electron chi connectivity index (χ3n) is 3.81. The van der Waals surface area contributed by atoms with Crippen LogP contribution in [-0.4, -0.2) is 36.2 Å². The van der Waals surface area contributed by atoms with Crippen LogP contribution >= 0.6 is 24.8 Å². The van der Waals surface area contributed by atoms with Gasteiger partial charge < -0.3 is 20.1 Å². The quantitative estimate of drug-likeness (QED) is 0.808. The van der Waals surface area contributed by atoms with Crippen molar-refractivity contribution in [3.63, 3.8) is 0 Å². The molecule has 26 heavy (non-hydrogen) atoms. The number of ether oxygens (including phenoxy) is 2. The molecule has 6 nitrogen and oxygen atoms in total. The molecule has 2 atom stereocenters. The maximum Gasteiger partial charge on any atom is 0.244 e. The van der Waals surface area contributed by atoms with E-state index in [-0.39, 0.29) is 42.9 Å². The zero-order chi connectivity index (χ0) is 16.8. The molecule has 0 spiro atoms. The first-order valence-corrected chi connectivity index (χ1v) is 8.01. The number of amides is 1. The van der Waals surface area contributed by atoms with Crippen molar-refractivity contribution in [1.82, 2.24) is 10.3 Å². The number of carbonyl (C=O) groups is 1. The summed E-state index contributed by atoms with van der Waals surface area (Å²) in [6.07, 6.45) is 1.58. The van der Waals surface area contributed by atoms with E-state index in [4.69, 9.17) is 9.47 Å². The molecule has 2 aromatic rings. The van der Waals surface area contributed by atoms with Crippen molar-refractivity contribution in [2.75, 3.05) is 18.5 Å². The third kappa shape index (κ3) is 6.14. The van der Waals surface area contributed by atoms with E-state index in [0.717, 1.165) is 5.69 Å². The predicted molar refractivity (Wildman–Crippen MR) is 105 cm³/mol. The second-order valence-electron chi connectivity index (χ2n) is 5.63. The van der Waals surface area contributed by atoms with Crippen LogP contribution < -0.4 is 15.4 Å². The molecule has 0 radical (unpaired) electrons. The van der Waals surface area contributed by atoms with Gasteiger partial charge in [0, 0.05) is 24.5 Å². The lowest BCUT2D eigenvalue weighted by molar-refractivity contribution is -0.123. The van der Waals surface area contributed by atoms with Crippen molar-refractivity contribution >= 4 is 36.4 Å². The monoisotopic (exact) mass is 399 g/mol. The predicted octanol–water partition coefficient (Wildman–Crippen LogP) is 2.82. The molecule has 1 aliphatic heterocycles. The van der Waals surface area contributed by atoms with Crippen LogP contribution in [0.5, 0.6) is 5.75 Å². The summed E-state index contributed by atoms with van der Waals surface area (Å²) in [7, 11) is 0. The lowest BCUT2D eigenvalue weighted by atomic mass is 10.1. The van der Waals surface area contributed by atoms with Gasteiger partial charge in [-0.15, -0.1) is 24.8 Å². The molecule has 0 unspecified atom stereocenters. The first-order valence-electron chi connectivity index (χ1n) is 8.01. The van der Waals surface area contributed by atoms with E-state index in [1.807, 2.05) is 43.3 Å². The smallest absolute Gasteiger partial charge is 0.244 e. The minimum atomic E-state index is -0.350. The van der Waals surface area contributed by atoms with Gasteiger partial charge in [0.15, 0.2) is 0 Å². The van der Waals surface area contributed by atoms with Crippen LogP contribution in [0, 0.1) is 0 Å². The van der Waals surface area contributed by atoms with E-state index in [1.54, 1.807) is 12.3 Å². The fourth-order valence-electron chi connectivity index (χ4n) is 2.55. The molecule has 1 aromatic heterocycles. The maximum atomic E-state index is 12.4. The molecular weight excluding hydrogens is 377 g/mol. The zero-order valence-corrected chi connectivity index (χ0v) is 16.0. The molecule has 142 valence electrons. The lowest BCUT2D eigenvalue weighted by Crippen LogP contribution is -2.53. The van der Waals surface area contributed by atoms with Crippen LogP contribution in [0.25, 0.3) is 0 Å². The standard InChI is InChI=1S/C18H21N3O3.2ClH/c1-13-17(20-9-10-23-13)18(22)21-14-6-4-7-16(11-14)24-12-15-5-2-3-8-19-15;;/h2-8,11,13,17,20H,9-10,12H2,1H3,(H,21,22);2*1H/t13-,17+;;/m1../s1. The van der Waals surface area contributed by atoms with Crippen LogP contribution in [0.2, 0.25) is 0 Å². The highest BCUT2D eigenvalue weighted by Crippen LogP contribution is 2.19. The van der Waals surface area contributed by atoms with Crippen LogP contribution in [-0.2, 0) is 16.1 Å². The van der Waals surface area contributed by atoms with Crippen LogP contribution in [0.1, 0.15) is 12.6 Å². The Morgan fingerprint density at radius 2 is 2.15 bits per heavy atom. The second kappa shape index (κ2) is 11.0. The van der Waals surface area contributed by atoms with Crippen molar-refractivity contribution < 1.29 is 14.3 Å². The Labute approximate surface area is 165 Å². The molecule has 1 aromatic carbocycles. The molecule has 8 heteroatoms. The minimum Gasteiger partial charge on any atom is -0.487 e. The zero-order valence-electron chi connectivity index (χ0n) is 14.4. The molecule has 2 N–H and O–H groups in total. The number of pyridine rings is 1. The molecule has 0 saturated carbocycles. The number of morpholine rings is 1. The number of halogens is 2. The molecular formula is C18H23Cl2N3O3. The van der Waals surface area contributed by atoms with Gasteiger partial charge >= 0.3 is 0 Å². The first-order chi connectivity index (χ1) is 11.7. The number of rotatable bonds is 5. The molecule has 1 saturated heterocycles. The number of hydrogen-bond donors (Lipinski definition) is 2. The molecule has 0 aliphatic carbocycles. The highest BCUT2D eigenvalue weighted by molar-refractivity contribution is 5.95. The summed E-state index contributed by atoms with van der Waals surface area (Å²) in [6, 6.07) is 12.7. The van der Waals surface area contributed by atoms with E-state index in [2.05, 4.69) is 15.6 Å². The van der Waals surface area contributed by atoms with Crippen LogP contribution in [0.4, 0.5) is 5.69 Å². The van der Waals surface area contributed by atoms with Gasteiger partial charge in [-0.25, -0.2) is 0 Å². The van der Waals surface area contributed by atoms with E-state index in [0.29, 0.717) is 31.2 Å². The number of nitrogens with zero attached hydrogens (tertiary/aromatic N) is 1. The van der Waals surface area contributed by atoms with Gasteiger partial charge in [-0.1, -0.05) is 12.1 Å². The fraction of sp³-hybridized carbons (Fsp3) is 0.333. The average molecular weight is 400 g/mol. The number of aromatic nitrogens is 1. The van der Waals surface area contributed by atoms with Gasteiger partial charge in [0.05, 0.1) is 18.4 Å². The minimum absolute atomic E-state index is 0. The van der Waals surface area contributed by atoms with Crippen LogP contribution in [0.15, 0.2) is 48.7 Å². The number of nitrogens with one attached hydrogen (secondary N) is 2. The van der Waals surface area contributed by atoms with Gasteiger partial charge in [-0.2, -0.15) is 0 Å². The van der Waals surface area contributed by atoms with Gasteiger partial charge in [0.2, 0.25) is 5.91 Å². The summed E-state index contributed by atoms with van der Waals surface area (Å²) in [6.45, 7) is 3.58. The Hall–Kier alpha value is -1.86. The van der Waals surface area contributed by atoms with E-state index in [9.17, 15) is 4.79 Å². The van der Waals surface area contributed by atoms with Crippen molar-refractivity contribution in [2.24, 2.45) is 0 Å². The summed E-state index contributed by atoms with van der Waals surface area (Å²) in [5.74, 6) is 0.573. The van der Waals surface area contributed by atoms with Gasteiger partial charge in [0.1, 0.15) is 18.4 Å². The SMILES string of the molecule is C[C@H]1OCCN[C@@H]1C(=O)Nc1cccc(OCc2ccccn2)c1.Cl.Cl. The highest BCUT2D eigenvalue weighted by atomic mass is 35.5. The van der Waals surface area contributed by atoms with E-state index in [1.165, 1.54) is 0 Å². The van der Waals surface area contributed by atoms with Gasteiger partial charge in [-0.05, 0) is 31.2 Å². The average Bonchev–Trinajstić information content (AvgIpc) is 2.61. The number of benzene rings is 1. The van der Waals surface area contributed by atoms with Gasteiger partial charge in [0.25, 0.3) is 0 Å². The molecule has 0 bridgehead atoms. The van der Waals surface area contributed by atoms with Crippen molar-refractivity contribution in [3.05, 3.63) is 54.4 Å². The lowest BCUT2D eigenvalue weighted by Gasteiger charge is -2.29. The molecule has 3 rings (SSSR count). The Balaban J connectivity index is 0.00000169. The summed E-state index contributed by atoms with van der Waals surface area (Å²) in [4.78, 5) is 16.6. The molecule has 1 fully saturated rings. The molecule has 1 amide bonds. The summed E-state index contributed by atoms with van der Waals surface area (Å²) < 4.78 is 11.2. The third-order valence-corrected chi connectivity index (χ3v) is 3.81. The Morgan fingerprint density at radius 3 is 2.88 bits per heavy atom. The topological polar surface area (TPSA) is 72.5 Å². The largest absolute Gasteiger partial charge is 0.487 e. The molecule has 2 heterocycles. The number of carbonyl (C=O) groups excluding carboxylic acids is 1. The second-order valence-corrected chi connectivity index (χ2v) is 5.63. The first kappa shape index (κ1) is 22.2. The maximum absolute atomic E-state index is 12.4. The summed E-state index contributed by atoms with van der Waals surface area (Å²) >= 11 is 0. The Morgan fingerprint density at radius 1 is 1.31 bits per heavy atom. The van der Waals surface area contributed by atoms with E-state index >= 15 is 0 Å². The number of anilines is 1. The van der Waals surface area contributed by atoms with Crippen molar-refractivity contribution in [2.45, 2.75) is 25.7 Å². The van der Waals surface area contributed by atoms with Gasteiger partial charge in [-0.3, -0.25) is 9.78 Å². The van der Waals surface area contributed by atoms with Crippen molar-refractivity contribution in [3.8, 4) is 5.75 Å². The fourth-order valence-corrected chi connectivity index (χ4v) is 2.55. The summed E-state index contributed by atoms with van der Waals surface area (Å²) in [5.41, 5.74) is 1.54. The normalized spacial score (nSPS) is 18.8.